The second kappa shape index (κ2) is 20.2. The molecule has 0 atom stereocenters. The van der Waals surface area contributed by atoms with Gasteiger partial charge in [0.25, 0.3) is 0 Å². The van der Waals surface area contributed by atoms with Gasteiger partial charge in [0.05, 0.1) is 11.4 Å². The van der Waals surface area contributed by atoms with Gasteiger partial charge in [-0.25, -0.2) is 0 Å². The summed E-state index contributed by atoms with van der Waals surface area (Å²) in [5, 5.41) is 4.75. The van der Waals surface area contributed by atoms with Crippen molar-refractivity contribution in [3.05, 3.63) is 264 Å². The minimum Gasteiger partial charge on any atom is -0.309 e. The Morgan fingerprint density at radius 3 is 0.986 bits per heavy atom. The van der Waals surface area contributed by atoms with Gasteiger partial charge < -0.3 is 9.80 Å². The lowest BCUT2D eigenvalue weighted by molar-refractivity contribution is 0.868. The van der Waals surface area contributed by atoms with Gasteiger partial charge in [0.15, 0.2) is 0 Å². The summed E-state index contributed by atoms with van der Waals surface area (Å²) < 4.78 is 0. The lowest BCUT2D eigenvalue weighted by atomic mass is 9.89. The van der Waals surface area contributed by atoms with E-state index in [2.05, 4.69) is 296 Å². The minimum absolute atomic E-state index is 0.301. The van der Waals surface area contributed by atoms with Gasteiger partial charge in [0, 0.05) is 44.3 Å². The van der Waals surface area contributed by atoms with E-state index in [0.717, 1.165) is 34.1 Å². The highest BCUT2D eigenvalue weighted by Gasteiger charge is 2.28. The standard InChI is InChI=1S/C72H64N2/c1-47(2)55-33-37-67-69(45-55)71(73(59-29-19-27-57(43-59)53-23-11-9-12-24-53)61-35-39-65(51(7)41-61)63-31-17-15-21-49(63)5)68-38-34-56(48(3)4)46-70(68)72(67)74(60-30-20-28-58(44-60)54-25-13-10-14-26-54)62-36-40-66(52(8)42-62)64-32-18-16-22-50(64)6/h9-48H,1-8H3. The van der Waals surface area contributed by atoms with Crippen LogP contribution in [0.2, 0.25) is 0 Å². The first-order chi connectivity index (χ1) is 36.0. The van der Waals surface area contributed by atoms with Crippen LogP contribution in [0.5, 0.6) is 0 Å². The molecule has 0 aliphatic carbocycles. The average Bonchev–Trinajstić information content (AvgIpc) is 3.44. The molecule has 0 saturated heterocycles. The van der Waals surface area contributed by atoms with E-state index < -0.39 is 0 Å². The van der Waals surface area contributed by atoms with Crippen molar-refractivity contribution < 1.29 is 0 Å². The topological polar surface area (TPSA) is 6.48 Å². The molecule has 0 spiro atoms. The van der Waals surface area contributed by atoms with Gasteiger partial charge in [-0.1, -0.05) is 198 Å². The lowest BCUT2D eigenvalue weighted by Gasteiger charge is -2.34. The Kier molecular flexibility index (Phi) is 13.1. The first-order valence-corrected chi connectivity index (χ1v) is 26.3. The van der Waals surface area contributed by atoms with E-state index in [1.165, 1.54) is 99.4 Å². The van der Waals surface area contributed by atoms with Crippen molar-refractivity contribution in [3.8, 4) is 44.5 Å². The highest BCUT2D eigenvalue weighted by molar-refractivity contribution is 6.23. The van der Waals surface area contributed by atoms with Crippen LogP contribution in [0, 0.1) is 27.7 Å². The van der Waals surface area contributed by atoms with Gasteiger partial charge in [-0.15, -0.1) is 0 Å². The van der Waals surface area contributed by atoms with Crippen LogP contribution in [0.15, 0.2) is 231 Å². The SMILES string of the molecule is Cc1ccccc1-c1ccc(N(c2cccc(-c3ccccc3)c2)c2c3ccc(C(C)C)cc3c(N(c3cccc(-c4ccccc4)c3)c3ccc(-c4ccccc4C)c(C)c3)c3ccc(C(C)C)cc23)cc1C. The van der Waals surface area contributed by atoms with Crippen LogP contribution in [0.4, 0.5) is 34.1 Å². The molecular weight excluding hydrogens is 893 g/mol. The molecule has 0 N–H and O–H groups in total. The maximum Gasteiger partial charge on any atom is 0.0620 e. The number of anilines is 6. The van der Waals surface area contributed by atoms with Crippen LogP contribution in [0.1, 0.15) is 72.9 Å². The van der Waals surface area contributed by atoms with Crippen molar-refractivity contribution in [2.24, 2.45) is 0 Å². The molecule has 0 aliphatic heterocycles. The van der Waals surface area contributed by atoms with Crippen LogP contribution in [0.3, 0.4) is 0 Å². The lowest BCUT2D eigenvalue weighted by Crippen LogP contribution is -2.15. The summed E-state index contributed by atoms with van der Waals surface area (Å²) in [7, 11) is 0. The highest BCUT2D eigenvalue weighted by atomic mass is 15.2. The van der Waals surface area contributed by atoms with Crippen molar-refractivity contribution in [2.45, 2.75) is 67.2 Å². The van der Waals surface area contributed by atoms with Gasteiger partial charge in [-0.3, -0.25) is 0 Å². The van der Waals surface area contributed by atoms with Crippen LogP contribution in [0.25, 0.3) is 66.1 Å². The Hall–Kier alpha value is -8.46. The largest absolute Gasteiger partial charge is 0.309 e. The predicted octanol–water partition coefficient (Wildman–Crippen LogP) is 21.1. The van der Waals surface area contributed by atoms with E-state index in [1.54, 1.807) is 0 Å². The third-order valence-electron chi connectivity index (χ3n) is 15.1. The third kappa shape index (κ3) is 9.07. The molecule has 0 aromatic heterocycles. The molecule has 11 aromatic rings. The highest BCUT2D eigenvalue weighted by Crippen LogP contribution is 2.53. The molecule has 362 valence electrons. The average molecular weight is 957 g/mol. The molecule has 0 saturated carbocycles. The summed E-state index contributed by atoms with van der Waals surface area (Å²) in [6, 6.07) is 86.0. The molecule has 0 fully saturated rings. The molecule has 0 aliphatic rings. The molecule has 0 heterocycles. The summed E-state index contributed by atoms with van der Waals surface area (Å²) in [6.45, 7) is 18.2. The molecular formula is C72H64N2. The molecule has 2 nitrogen and oxygen atoms in total. The number of rotatable bonds is 12. The Morgan fingerprint density at radius 1 is 0.257 bits per heavy atom. The number of fused-ring (bicyclic) bond motifs is 2. The predicted molar refractivity (Wildman–Crippen MR) is 320 cm³/mol. The Bertz CT molecular complexity index is 3590. The normalized spacial score (nSPS) is 11.5. The van der Waals surface area contributed by atoms with Gasteiger partial charge in [0.1, 0.15) is 0 Å². The maximum atomic E-state index is 2.55. The summed E-state index contributed by atoms with van der Waals surface area (Å²) in [5.74, 6) is 0.603. The zero-order chi connectivity index (χ0) is 51.0. The fourth-order valence-electron chi connectivity index (χ4n) is 11.1. The van der Waals surface area contributed by atoms with Crippen molar-refractivity contribution >= 4 is 55.7 Å². The zero-order valence-electron chi connectivity index (χ0n) is 44.0. The number of benzene rings is 11. The number of hydrogen-bond donors (Lipinski definition) is 0. The van der Waals surface area contributed by atoms with Crippen molar-refractivity contribution in [3.63, 3.8) is 0 Å². The van der Waals surface area contributed by atoms with Crippen LogP contribution < -0.4 is 9.80 Å². The fourth-order valence-corrected chi connectivity index (χ4v) is 11.1. The molecule has 0 bridgehead atoms. The Morgan fingerprint density at radius 2 is 0.608 bits per heavy atom. The Balaban J connectivity index is 1.26. The third-order valence-corrected chi connectivity index (χ3v) is 15.1. The van der Waals surface area contributed by atoms with Crippen molar-refractivity contribution in [2.75, 3.05) is 9.80 Å². The van der Waals surface area contributed by atoms with E-state index >= 15 is 0 Å². The molecule has 0 amide bonds. The van der Waals surface area contributed by atoms with Crippen LogP contribution >= 0.6 is 0 Å². The summed E-state index contributed by atoms with van der Waals surface area (Å²) in [4.78, 5) is 5.10. The van der Waals surface area contributed by atoms with Crippen LogP contribution in [-0.4, -0.2) is 0 Å². The number of hydrogen-bond acceptors (Lipinski definition) is 2. The van der Waals surface area contributed by atoms with Gasteiger partial charge in [0.2, 0.25) is 0 Å². The van der Waals surface area contributed by atoms with Gasteiger partial charge in [-0.05, 0) is 178 Å². The molecule has 11 aromatic carbocycles. The van der Waals surface area contributed by atoms with Gasteiger partial charge >= 0.3 is 0 Å². The second-order valence-corrected chi connectivity index (χ2v) is 20.7. The molecule has 0 radical (unpaired) electrons. The van der Waals surface area contributed by atoms with Crippen LogP contribution in [-0.2, 0) is 0 Å². The first-order valence-electron chi connectivity index (χ1n) is 26.3. The maximum absolute atomic E-state index is 2.55. The summed E-state index contributed by atoms with van der Waals surface area (Å²) in [5.41, 5.74) is 24.0. The first kappa shape index (κ1) is 47.8. The minimum atomic E-state index is 0.301. The summed E-state index contributed by atoms with van der Waals surface area (Å²) >= 11 is 0. The van der Waals surface area contributed by atoms with E-state index in [-0.39, 0.29) is 0 Å². The van der Waals surface area contributed by atoms with Crippen molar-refractivity contribution in [1.82, 2.24) is 0 Å². The molecule has 0 unspecified atom stereocenters. The van der Waals surface area contributed by atoms with E-state index in [4.69, 9.17) is 0 Å². The Labute approximate surface area is 438 Å². The molecule has 11 rings (SSSR count). The van der Waals surface area contributed by atoms with Gasteiger partial charge in [-0.2, -0.15) is 0 Å². The zero-order valence-corrected chi connectivity index (χ0v) is 44.0. The van der Waals surface area contributed by atoms with E-state index in [0.29, 0.717) is 11.8 Å². The smallest absolute Gasteiger partial charge is 0.0620 e. The quantitative estimate of drug-likeness (QED) is 0.0889. The second-order valence-electron chi connectivity index (χ2n) is 20.7. The molecule has 2 heteroatoms. The van der Waals surface area contributed by atoms with E-state index in [1.807, 2.05) is 0 Å². The fraction of sp³-hybridized carbons (Fsp3) is 0.139. The van der Waals surface area contributed by atoms with Crippen molar-refractivity contribution in [1.29, 1.82) is 0 Å². The van der Waals surface area contributed by atoms with E-state index in [9.17, 15) is 0 Å². The number of aryl methyl sites for hydroxylation is 4. The molecule has 74 heavy (non-hydrogen) atoms. The monoisotopic (exact) mass is 957 g/mol. The summed E-state index contributed by atoms with van der Waals surface area (Å²) in [6.07, 6.45) is 0. The number of nitrogens with zero attached hydrogens (tertiary/aromatic N) is 2.